The first kappa shape index (κ1) is 19.9. The molecule has 1 saturated carbocycles. The predicted octanol–water partition coefficient (Wildman–Crippen LogP) is 5.46. The van der Waals surface area contributed by atoms with E-state index in [0.29, 0.717) is 30.8 Å². The molecule has 1 saturated heterocycles. The molecule has 1 unspecified atom stereocenters. The number of amides is 1. The Labute approximate surface area is 182 Å². The van der Waals surface area contributed by atoms with Crippen LogP contribution in [0.1, 0.15) is 55.8 Å². The van der Waals surface area contributed by atoms with E-state index in [1.54, 1.807) is 18.3 Å². The molecule has 0 N–H and O–H groups in total. The summed E-state index contributed by atoms with van der Waals surface area (Å²) in [6, 6.07) is 18.5. The fraction of sp³-hybridized carbons (Fsp3) is 0.346. The van der Waals surface area contributed by atoms with E-state index in [4.69, 9.17) is 4.98 Å². The molecule has 4 nitrogen and oxygen atoms in total. The van der Waals surface area contributed by atoms with Crippen molar-refractivity contribution in [2.24, 2.45) is 0 Å². The molecular formula is C26H26FN3O. The molecule has 1 atom stereocenters. The highest BCUT2D eigenvalue weighted by atomic mass is 19.1. The van der Waals surface area contributed by atoms with Gasteiger partial charge in [0, 0.05) is 23.9 Å². The van der Waals surface area contributed by atoms with Crippen molar-refractivity contribution >= 4 is 5.91 Å². The monoisotopic (exact) mass is 415 g/mol. The Kier molecular flexibility index (Phi) is 5.26. The van der Waals surface area contributed by atoms with Crippen molar-refractivity contribution in [3.8, 4) is 11.4 Å². The van der Waals surface area contributed by atoms with Crippen molar-refractivity contribution in [2.45, 2.75) is 50.0 Å². The Bertz CT molecular complexity index is 1080. The van der Waals surface area contributed by atoms with Crippen molar-refractivity contribution in [3.63, 3.8) is 0 Å². The van der Waals surface area contributed by atoms with Crippen molar-refractivity contribution in [1.29, 1.82) is 0 Å². The van der Waals surface area contributed by atoms with E-state index in [1.165, 1.54) is 6.07 Å². The van der Waals surface area contributed by atoms with Crippen molar-refractivity contribution in [3.05, 3.63) is 83.9 Å². The van der Waals surface area contributed by atoms with Gasteiger partial charge in [0.15, 0.2) is 5.82 Å². The summed E-state index contributed by atoms with van der Waals surface area (Å²) in [7, 11) is 0. The van der Waals surface area contributed by atoms with Crippen LogP contribution in [0.3, 0.4) is 0 Å². The second-order valence-corrected chi connectivity index (χ2v) is 8.60. The van der Waals surface area contributed by atoms with Crippen molar-refractivity contribution < 1.29 is 9.18 Å². The van der Waals surface area contributed by atoms with E-state index >= 15 is 0 Å². The number of aromatic nitrogens is 2. The smallest absolute Gasteiger partial charge is 0.233 e. The minimum Gasteiger partial charge on any atom is -0.333 e. The van der Waals surface area contributed by atoms with E-state index in [2.05, 4.69) is 4.98 Å². The number of halogens is 1. The summed E-state index contributed by atoms with van der Waals surface area (Å²) in [5, 5.41) is 0. The van der Waals surface area contributed by atoms with Gasteiger partial charge in [-0.05, 0) is 37.8 Å². The molecule has 2 aromatic carbocycles. The number of likely N-dealkylation sites (tertiary alicyclic amines) is 1. The van der Waals surface area contributed by atoms with Crippen LogP contribution in [-0.2, 0) is 10.2 Å². The number of carbonyl (C=O) groups excluding carboxylic acids is 1. The molecule has 2 heterocycles. The maximum Gasteiger partial charge on any atom is 0.233 e. The molecule has 0 bridgehead atoms. The molecular weight excluding hydrogens is 389 g/mol. The minimum atomic E-state index is -0.761. The number of hydrogen-bond acceptors (Lipinski definition) is 3. The lowest BCUT2D eigenvalue weighted by atomic mass is 9.77. The first-order valence-corrected chi connectivity index (χ1v) is 11.1. The zero-order valence-electron chi connectivity index (χ0n) is 17.5. The summed E-state index contributed by atoms with van der Waals surface area (Å²) < 4.78 is 14.8. The molecule has 2 fully saturated rings. The summed E-state index contributed by atoms with van der Waals surface area (Å²) in [5.41, 5.74) is 1.61. The zero-order valence-corrected chi connectivity index (χ0v) is 17.5. The van der Waals surface area contributed by atoms with E-state index in [-0.39, 0.29) is 17.8 Å². The summed E-state index contributed by atoms with van der Waals surface area (Å²) in [6.07, 6.45) is 6.87. The van der Waals surface area contributed by atoms with Gasteiger partial charge < -0.3 is 4.90 Å². The number of rotatable bonds is 4. The van der Waals surface area contributed by atoms with Crippen LogP contribution >= 0.6 is 0 Å². The largest absolute Gasteiger partial charge is 0.333 e. The van der Waals surface area contributed by atoms with Gasteiger partial charge >= 0.3 is 0 Å². The van der Waals surface area contributed by atoms with Crippen LogP contribution in [-0.4, -0.2) is 27.3 Å². The summed E-state index contributed by atoms with van der Waals surface area (Å²) >= 11 is 0. The lowest BCUT2D eigenvalue weighted by molar-refractivity contribution is -0.138. The van der Waals surface area contributed by atoms with E-state index in [0.717, 1.165) is 36.9 Å². The Balaban J connectivity index is 1.49. The van der Waals surface area contributed by atoms with Crippen LogP contribution in [0.15, 0.2) is 66.9 Å². The Morgan fingerprint density at radius 3 is 2.48 bits per heavy atom. The van der Waals surface area contributed by atoms with Gasteiger partial charge in [-0.25, -0.2) is 14.4 Å². The number of nitrogens with zero attached hydrogens (tertiary/aromatic N) is 3. The van der Waals surface area contributed by atoms with Gasteiger partial charge in [-0.2, -0.15) is 0 Å². The fourth-order valence-corrected chi connectivity index (χ4v) is 5.30. The van der Waals surface area contributed by atoms with Crippen LogP contribution in [0.2, 0.25) is 0 Å². The summed E-state index contributed by atoms with van der Waals surface area (Å²) in [6.45, 7) is 0.685. The zero-order chi connectivity index (χ0) is 21.3. The number of hydrogen-bond donors (Lipinski definition) is 0. The third kappa shape index (κ3) is 3.52. The Morgan fingerprint density at radius 1 is 0.968 bits per heavy atom. The molecule has 1 aliphatic carbocycles. The third-order valence-corrected chi connectivity index (χ3v) is 6.82. The van der Waals surface area contributed by atoms with Crippen LogP contribution in [0, 0.1) is 5.82 Å². The standard InChI is InChI=1S/C26H26FN3O/c27-21-12-5-4-11-20(21)26(15-6-7-16-26)25(31)30-18-8-13-23(30)22-14-17-28-24(29-22)19-9-2-1-3-10-19/h1-5,9-12,14,17,23H,6-8,13,15-16,18H2. The molecule has 1 aliphatic heterocycles. The average Bonchev–Trinajstić information content (AvgIpc) is 3.50. The van der Waals surface area contributed by atoms with Gasteiger partial charge in [-0.1, -0.05) is 61.4 Å². The topological polar surface area (TPSA) is 46.1 Å². The quantitative estimate of drug-likeness (QED) is 0.569. The summed E-state index contributed by atoms with van der Waals surface area (Å²) in [5.74, 6) is 0.446. The van der Waals surface area contributed by atoms with Gasteiger partial charge in [0.25, 0.3) is 0 Å². The maximum absolute atomic E-state index is 14.8. The van der Waals surface area contributed by atoms with Crippen LogP contribution in [0.4, 0.5) is 4.39 Å². The third-order valence-electron chi connectivity index (χ3n) is 6.82. The van der Waals surface area contributed by atoms with Gasteiger partial charge in [0.05, 0.1) is 17.2 Å². The number of benzene rings is 2. The summed E-state index contributed by atoms with van der Waals surface area (Å²) in [4.78, 5) is 25.2. The molecule has 2 aliphatic rings. The van der Waals surface area contributed by atoms with Gasteiger partial charge in [0.1, 0.15) is 5.82 Å². The Morgan fingerprint density at radius 2 is 1.71 bits per heavy atom. The first-order chi connectivity index (χ1) is 15.2. The second kappa shape index (κ2) is 8.22. The Hall–Kier alpha value is -3.08. The van der Waals surface area contributed by atoms with Gasteiger partial charge in [-0.3, -0.25) is 4.79 Å². The van der Waals surface area contributed by atoms with Crippen molar-refractivity contribution in [2.75, 3.05) is 6.54 Å². The number of carbonyl (C=O) groups is 1. The van der Waals surface area contributed by atoms with E-state index in [9.17, 15) is 9.18 Å². The molecule has 158 valence electrons. The van der Waals surface area contributed by atoms with E-state index < -0.39 is 5.41 Å². The highest BCUT2D eigenvalue weighted by Crippen LogP contribution is 2.46. The van der Waals surface area contributed by atoms with Gasteiger partial charge in [0.2, 0.25) is 5.91 Å². The van der Waals surface area contributed by atoms with Crippen LogP contribution < -0.4 is 0 Å². The SMILES string of the molecule is O=C(N1CCCC1c1ccnc(-c2ccccc2)n1)C1(c2ccccc2F)CCCC1. The first-order valence-electron chi connectivity index (χ1n) is 11.1. The van der Waals surface area contributed by atoms with E-state index in [1.807, 2.05) is 47.4 Å². The fourth-order valence-electron chi connectivity index (χ4n) is 5.30. The second-order valence-electron chi connectivity index (χ2n) is 8.60. The molecule has 0 spiro atoms. The molecule has 5 rings (SSSR count). The van der Waals surface area contributed by atoms with Crippen LogP contribution in [0.5, 0.6) is 0 Å². The molecule has 1 amide bonds. The molecule has 5 heteroatoms. The van der Waals surface area contributed by atoms with Gasteiger partial charge in [-0.15, -0.1) is 0 Å². The molecule has 31 heavy (non-hydrogen) atoms. The normalized spacial score (nSPS) is 20.2. The van der Waals surface area contributed by atoms with Crippen LogP contribution in [0.25, 0.3) is 11.4 Å². The molecule has 1 aromatic heterocycles. The minimum absolute atomic E-state index is 0.0532. The average molecular weight is 416 g/mol. The lowest BCUT2D eigenvalue weighted by Gasteiger charge is -2.36. The molecule has 3 aromatic rings. The van der Waals surface area contributed by atoms with Crippen molar-refractivity contribution in [1.82, 2.24) is 14.9 Å². The lowest BCUT2D eigenvalue weighted by Crippen LogP contribution is -2.45. The highest BCUT2D eigenvalue weighted by molar-refractivity contribution is 5.89. The molecule has 0 radical (unpaired) electrons. The maximum atomic E-state index is 14.8. The highest BCUT2D eigenvalue weighted by Gasteiger charge is 2.48. The predicted molar refractivity (Wildman–Crippen MR) is 118 cm³/mol.